The van der Waals surface area contributed by atoms with Crippen molar-refractivity contribution in [3.63, 3.8) is 0 Å². The zero-order valence-corrected chi connectivity index (χ0v) is 21.1. The predicted molar refractivity (Wildman–Crippen MR) is 144 cm³/mol. The minimum absolute atomic E-state index is 0.0664. The first kappa shape index (κ1) is 24.6. The van der Waals surface area contributed by atoms with Crippen LogP contribution in [0.15, 0.2) is 61.1 Å². The zero-order chi connectivity index (χ0) is 27.3. The van der Waals surface area contributed by atoms with E-state index in [1.807, 2.05) is 0 Å². The molecule has 0 spiro atoms. The molecule has 0 aliphatic carbocycles. The zero-order valence-electron chi connectivity index (χ0n) is 20.3. The van der Waals surface area contributed by atoms with Crippen molar-refractivity contribution in [3.05, 3.63) is 78.3 Å². The number of imidazole rings is 1. The molecule has 0 atom stereocenters. The fourth-order valence-electron chi connectivity index (χ4n) is 4.43. The SMILES string of the molecule is CS(=O)(=O)NCc1cc(F)cc(-c2cccc3[nH]c(-c4n[nH]c5cnc(-c6cncc(N)c6)c(F)c45)nc23)c1. The van der Waals surface area contributed by atoms with Crippen LogP contribution in [-0.4, -0.2) is 44.8 Å². The normalized spacial score (nSPS) is 12.0. The molecule has 10 nitrogen and oxygen atoms in total. The third-order valence-electron chi connectivity index (χ3n) is 6.12. The molecular weight excluding hydrogens is 526 g/mol. The van der Waals surface area contributed by atoms with Gasteiger partial charge < -0.3 is 10.7 Å². The van der Waals surface area contributed by atoms with Gasteiger partial charge in [0.2, 0.25) is 10.0 Å². The van der Waals surface area contributed by atoms with E-state index >= 15 is 4.39 Å². The van der Waals surface area contributed by atoms with Gasteiger partial charge in [-0.25, -0.2) is 26.9 Å². The molecule has 0 aliphatic heterocycles. The number of aromatic nitrogens is 6. The number of aromatic amines is 2. The number of sulfonamides is 1. The van der Waals surface area contributed by atoms with Gasteiger partial charge >= 0.3 is 0 Å². The van der Waals surface area contributed by atoms with E-state index in [0.717, 1.165) is 6.26 Å². The molecule has 0 unspecified atom stereocenters. The highest BCUT2D eigenvalue weighted by atomic mass is 32.2. The van der Waals surface area contributed by atoms with Gasteiger partial charge in [0.25, 0.3) is 0 Å². The first-order valence-electron chi connectivity index (χ1n) is 11.6. The predicted octanol–water partition coefficient (Wildman–Crippen LogP) is 4.14. The van der Waals surface area contributed by atoms with Crippen LogP contribution in [0.1, 0.15) is 5.56 Å². The molecule has 0 fully saturated rings. The lowest BCUT2D eigenvalue weighted by molar-refractivity contribution is 0.586. The molecule has 5 N–H and O–H groups in total. The third-order valence-corrected chi connectivity index (χ3v) is 6.79. The number of nitrogens with zero attached hydrogens (tertiary/aromatic N) is 4. The molecule has 196 valence electrons. The van der Waals surface area contributed by atoms with Crippen LogP contribution in [0.4, 0.5) is 14.5 Å². The molecule has 6 aromatic rings. The highest BCUT2D eigenvalue weighted by Gasteiger charge is 2.21. The maximum Gasteiger partial charge on any atom is 0.209 e. The van der Waals surface area contributed by atoms with Crippen LogP contribution in [-0.2, 0) is 16.6 Å². The Morgan fingerprint density at radius 2 is 1.85 bits per heavy atom. The number of rotatable bonds is 6. The van der Waals surface area contributed by atoms with Crippen molar-refractivity contribution in [1.29, 1.82) is 0 Å². The van der Waals surface area contributed by atoms with E-state index in [1.165, 1.54) is 30.7 Å². The Hall–Kier alpha value is -4.75. The van der Waals surface area contributed by atoms with Gasteiger partial charge in [0.15, 0.2) is 11.6 Å². The van der Waals surface area contributed by atoms with Crippen molar-refractivity contribution in [2.24, 2.45) is 0 Å². The molecule has 0 radical (unpaired) electrons. The van der Waals surface area contributed by atoms with Crippen LogP contribution in [0, 0.1) is 11.6 Å². The first-order chi connectivity index (χ1) is 18.7. The largest absolute Gasteiger partial charge is 0.397 e. The van der Waals surface area contributed by atoms with E-state index in [9.17, 15) is 12.8 Å². The second-order valence-corrected chi connectivity index (χ2v) is 10.9. The number of halogens is 2. The molecule has 2 aromatic carbocycles. The number of nitrogens with two attached hydrogens (primary N) is 1. The summed E-state index contributed by atoms with van der Waals surface area (Å²) >= 11 is 0. The molecule has 0 amide bonds. The second-order valence-electron chi connectivity index (χ2n) is 9.02. The summed E-state index contributed by atoms with van der Waals surface area (Å²) in [5.41, 5.74) is 9.96. The summed E-state index contributed by atoms with van der Waals surface area (Å²) in [4.78, 5) is 16.1. The summed E-state index contributed by atoms with van der Waals surface area (Å²) in [5.74, 6) is -0.847. The Bertz CT molecular complexity index is 2000. The number of anilines is 1. The number of para-hydroxylation sites is 1. The van der Waals surface area contributed by atoms with E-state index in [2.05, 4.69) is 29.9 Å². The van der Waals surface area contributed by atoms with Crippen molar-refractivity contribution >= 4 is 37.6 Å². The average Bonchev–Trinajstić information content (AvgIpc) is 3.51. The molecule has 0 bridgehead atoms. The highest BCUT2D eigenvalue weighted by molar-refractivity contribution is 7.88. The van der Waals surface area contributed by atoms with Gasteiger partial charge in [-0.3, -0.25) is 15.1 Å². The Morgan fingerprint density at radius 3 is 2.64 bits per heavy atom. The molecule has 39 heavy (non-hydrogen) atoms. The van der Waals surface area contributed by atoms with E-state index < -0.39 is 21.7 Å². The lowest BCUT2D eigenvalue weighted by Crippen LogP contribution is -2.21. The van der Waals surface area contributed by atoms with Gasteiger partial charge in [-0.1, -0.05) is 12.1 Å². The minimum Gasteiger partial charge on any atom is -0.397 e. The Labute approximate surface area is 220 Å². The standard InChI is InChI=1S/C26H20F2N8O2S/c1-39(37,38)32-9-13-5-14(7-16(27)6-13)18-3-2-4-19-24(18)34-26(33-19)25-21-20(35-36-25)12-31-23(22(21)28)15-8-17(29)11-30-10-15/h2-8,10-12,32H,9,29H2,1H3,(H,33,34)(H,35,36). The van der Waals surface area contributed by atoms with Crippen molar-refractivity contribution < 1.29 is 17.2 Å². The van der Waals surface area contributed by atoms with Crippen molar-refractivity contribution in [3.8, 4) is 33.9 Å². The van der Waals surface area contributed by atoms with Crippen molar-refractivity contribution in [2.75, 3.05) is 12.0 Å². The lowest BCUT2D eigenvalue weighted by atomic mass is 10.0. The summed E-state index contributed by atoms with van der Waals surface area (Å²) in [7, 11) is -3.46. The molecule has 4 aromatic heterocycles. The number of hydrogen-bond donors (Lipinski definition) is 4. The summed E-state index contributed by atoms with van der Waals surface area (Å²) in [6.07, 6.45) is 5.44. The third kappa shape index (κ3) is 4.69. The van der Waals surface area contributed by atoms with E-state index in [-0.39, 0.29) is 23.3 Å². The smallest absolute Gasteiger partial charge is 0.209 e. The van der Waals surface area contributed by atoms with Gasteiger partial charge in [0.1, 0.15) is 17.2 Å². The summed E-state index contributed by atoms with van der Waals surface area (Å²) < 4.78 is 55.7. The molecule has 4 heterocycles. The van der Waals surface area contributed by atoms with Gasteiger partial charge in [-0.2, -0.15) is 5.10 Å². The van der Waals surface area contributed by atoms with Crippen LogP contribution < -0.4 is 10.5 Å². The number of nitrogen functional groups attached to an aromatic ring is 1. The minimum atomic E-state index is -3.46. The van der Waals surface area contributed by atoms with Crippen LogP contribution in [0.25, 0.3) is 55.8 Å². The fraction of sp³-hybridized carbons (Fsp3) is 0.0769. The van der Waals surface area contributed by atoms with Crippen LogP contribution in [0.5, 0.6) is 0 Å². The molecule has 13 heteroatoms. The van der Waals surface area contributed by atoms with Crippen LogP contribution in [0.2, 0.25) is 0 Å². The van der Waals surface area contributed by atoms with Crippen LogP contribution >= 0.6 is 0 Å². The number of H-pyrrole nitrogens is 2. The highest BCUT2D eigenvalue weighted by Crippen LogP contribution is 2.35. The van der Waals surface area contributed by atoms with Crippen molar-refractivity contribution in [1.82, 2.24) is 34.9 Å². The molecule has 0 saturated carbocycles. The van der Waals surface area contributed by atoms with Gasteiger partial charge in [-0.15, -0.1) is 0 Å². The monoisotopic (exact) mass is 546 g/mol. The van der Waals surface area contributed by atoms with Crippen molar-refractivity contribution in [2.45, 2.75) is 6.54 Å². The lowest BCUT2D eigenvalue weighted by Gasteiger charge is -2.08. The fourth-order valence-corrected chi connectivity index (χ4v) is 4.86. The molecule has 6 rings (SSSR count). The average molecular weight is 547 g/mol. The molecule has 0 aliphatic rings. The topological polar surface area (TPSA) is 155 Å². The number of nitrogens with one attached hydrogen (secondary N) is 3. The quantitative estimate of drug-likeness (QED) is 0.245. The van der Waals surface area contributed by atoms with E-state index in [1.54, 1.807) is 30.3 Å². The number of hydrogen-bond acceptors (Lipinski definition) is 7. The maximum atomic E-state index is 15.8. The number of fused-ring (bicyclic) bond motifs is 2. The first-order valence-corrected chi connectivity index (χ1v) is 13.5. The Balaban J connectivity index is 1.46. The molecule has 0 saturated heterocycles. The van der Waals surface area contributed by atoms with Gasteiger partial charge in [0, 0.05) is 30.1 Å². The van der Waals surface area contributed by atoms with E-state index in [4.69, 9.17) is 10.7 Å². The molecular formula is C26H20F2N8O2S. The summed E-state index contributed by atoms with van der Waals surface area (Å²) in [5, 5.41) is 7.26. The summed E-state index contributed by atoms with van der Waals surface area (Å²) in [6, 6.07) is 11.2. The van der Waals surface area contributed by atoms with E-state index in [0.29, 0.717) is 50.3 Å². The van der Waals surface area contributed by atoms with Gasteiger partial charge in [0.05, 0.1) is 40.1 Å². The maximum absolute atomic E-state index is 15.8. The number of benzene rings is 2. The Kier molecular flexibility index (Phi) is 5.81. The summed E-state index contributed by atoms with van der Waals surface area (Å²) in [6.45, 7) is -0.0666. The van der Waals surface area contributed by atoms with Crippen LogP contribution in [0.3, 0.4) is 0 Å². The van der Waals surface area contributed by atoms with Gasteiger partial charge in [-0.05, 0) is 41.5 Å². The second kappa shape index (κ2) is 9.22. The Morgan fingerprint density at radius 1 is 1.00 bits per heavy atom. The number of pyridine rings is 2.